The molecule has 1 aromatic carbocycles. The summed E-state index contributed by atoms with van der Waals surface area (Å²) >= 11 is 5.75. The van der Waals surface area contributed by atoms with Crippen molar-refractivity contribution in [2.75, 3.05) is 5.73 Å². The Kier molecular flexibility index (Phi) is 3.08. The van der Waals surface area contributed by atoms with Crippen molar-refractivity contribution in [1.82, 2.24) is 15.1 Å². The van der Waals surface area contributed by atoms with E-state index in [0.29, 0.717) is 16.3 Å². The molecule has 0 amide bonds. The van der Waals surface area contributed by atoms with Gasteiger partial charge in [-0.2, -0.15) is 4.98 Å². The summed E-state index contributed by atoms with van der Waals surface area (Å²) in [7, 11) is 0. The third-order valence-electron chi connectivity index (χ3n) is 2.67. The summed E-state index contributed by atoms with van der Waals surface area (Å²) in [5, 5.41) is 4.30. The first-order valence-electron chi connectivity index (χ1n) is 5.65. The maximum absolute atomic E-state index is 13.4. The summed E-state index contributed by atoms with van der Waals surface area (Å²) in [5.41, 5.74) is 6.46. The summed E-state index contributed by atoms with van der Waals surface area (Å²) in [6.07, 6.45) is 1.48. The van der Waals surface area contributed by atoms with E-state index in [0.717, 1.165) is 0 Å². The Labute approximate surface area is 118 Å². The molecule has 0 aliphatic heterocycles. The zero-order valence-corrected chi connectivity index (χ0v) is 10.8. The van der Waals surface area contributed by atoms with Gasteiger partial charge < -0.3 is 10.3 Å². The number of nitrogens with zero attached hydrogens (tertiary/aromatic N) is 3. The monoisotopic (exact) mass is 290 g/mol. The Bertz CT molecular complexity index is 757. The summed E-state index contributed by atoms with van der Waals surface area (Å²) in [6.45, 7) is 0. The van der Waals surface area contributed by atoms with E-state index in [1.807, 2.05) is 0 Å². The van der Waals surface area contributed by atoms with Gasteiger partial charge in [0.15, 0.2) is 0 Å². The number of nitrogens with two attached hydrogens (primary N) is 1. The van der Waals surface area contributed by atoms with Gasteiger partial charge >= 0.3 is 0 Å². The molecule has 5 nitrogen and oxygen atoms in total. The molecule has 0 fully saturated rings. The van der Waals surface area contributed by atoms with E-state index < -0.39 is 5.82 Å². The van der Waals surface area contributed by atoms with Crippen LogP contribution >= 0.6 is 11.6 Å². The van der Waals surface area contributed by atoms with Gasteiger partial charge in [-0.15, -0.1) is 0 Å². The molecule has 2 N–H and O–H groups in total. The molecular formula is C13H8ClFN4O. The van der Waals surface area contributed by atoms with Crippen molar-refractivity contribution in [1.29, 1.82) is 0 Å². The van der Waals surface area contributed by atoms with Gasteiger partial charge in [-0.25, -0.2) is 4.39 Å². The van der Waals surface area contributed by atoms with Crippen LogP contribution in [0.15, 0.2) is 41.1 Å². The van der Waals surface area contributed by atoms with Crippen LogP contribution in [0.3, 0.4) is 0 Å². The van der Waals surface area contributed by atoms with Crippen LogP contribution in [0.1, 0.15) is 0 Å². The highest BCUT2D eigenvalue weighted by Crippen LogP contribution is 2.28. The molecule has 20 heavy (non-hydrogen) atoms. The first-order valence-corrected chi connectivity index (χ1v) is 6.03. The van der Waals surface area contributed by atoms with Crippen LogP contribution in [0, 0.1) is 5.82 Å². The number of halogens is 2. The Balaban J connectivity index is 2.02. The summed E-state index contributed by atoms with van der Waals surface area (Å²) in [6, 6.07) is 7.70. The van der Waals surface area contributed by atoms with Crippen molar-refractivity contribution < 1.29 is 8.91 Å². The summed E-state index contributed by atoms with van der Waals surface area (Å²) in [4.78, 5) is 8.23. The normalized spacial score (nSPS) is 10.7. The predicted octanol–water partition coefficient (Wildman–Crippen LogP) is 3.17. The van der Waals surface area contributed by atoms with Gasteiger partial charge in [0.1, 0.15) is 11.5 Å². The number of anilines is 1. The Hall–Kier alpha value is -2.47. The van der Waals surface area contributed by atoms with Crippen LogP contribution in [0.25, 0.3) is 23.0 Å². The molecule has 0 aliphatic carbocycles. The lowest BCUT2D eigenvalue weighted by molar-refractivity contribution is 0.432. The van der Waals surface area contributed by atoms with Gasteiger partial charge in [0, 0.05) is 6.20 Å². The molecule has 0 aliphatic rings. The van der Waals surface area contributed by atoms with E-state index in [9.17, 15) is 4.39 Å². The molecule has 3 rings (SSSR count). The predicted molar refractivity (Wildman–Crippen MR) is 72.3 cm³/mol. The van der Waals surface area contributed by atoms with Crippen LogP contribution in [0.2, 0.25) is 5.02 Å². The average Bonchev–Trinajstić information content (AvgIpc) is 2.92. The number of hydrogen-bond acceptors (Lipinski definition) is 5. The van der Waals surface area contributed by atoms with E-state index >= 15 is 0 Å². The minimum Gasteiger partial charge on any atom is -0.396 e. The Morgan fingerprint density at radius 2 is 2.05 bits per heavy atom. The zero-order valence-electron chi connectivity index (χ0n) is 10.0. The highest BCUT2D eigenvalue weighted by atomic mass is 35.5. The highest BCUT2D eigenvalue weighted by Gasteiger charge is 2.15. The van der Waals surface area contributed by atoms with Crippen LogP contribution in [-0.2, 0) is 0 Å². The van der Waals surface area contributed by atoms with E-state index in [1.165, 1.54) is 18.3 Å². The largest absolute Gasteiger partial charge is 0.396 e. The molecule has 7 heteroatoms. The second kappa shape index (κ2) is 4.90. The van der Waals surface area contributed by atoms with Gasteiger partial charge in [0.2, 0.25) is 5.82 Å². The maximum atomic E-state index is 13.4. The number of aromatic nitrogens is 3. The topological polar surface area (TPSA) is 77.8 Å². The van der Waals surface area contributed by atoms with Gasteiger partial charge in [-0.05, 0) is 24.3 Å². The lowest BCUT2D eigenvalue weighted by Crippen LogP contribution is -1.94. The van der Waals surface area contributed by atoms with E-state index in [1.54, 1.807) is 18.2 Å². The average molecular weight is 291 g/mol. The van der Waals surface area contributed by atoms with E-state index in [-0.39, 0.29) is 17.4 Å². The van der Waals surface area contributed by atoms with Crippen molar-refractivity contribution >= 4 is 17.3 Å². The second-order valence-electron chi connectivity index (χ2n) is 3.99. The standard InChI is InChI=1S/C13H8ClFN4O/c14-7-4-5-10(17-6-7)12-18-13(20-19-12)8-2-1-3-9(15)11(8)16/h1-6H,16H2. The minimum absolute atomic E-state index is 0.0354. The molecule has 0 atom stereocenters. The fraction of sp³-hybridized carbons (Fsp3) is 0. The molecule has 0 unspecified atom stereocenters. The van der Waals surface area contributed by atoms with Crippen LogP contribution in [0.4, 0.5) is 10.1 Å². The van der Waals surface area contributed by atoms with Gasteiger partial charge in [0.05, 0.1) is 16.3 Å². The molecule has 2 heterocycles. The quantitative estimate of drug-likeness (QED) is 0.733. The molecule has 0 spiro atoms. The van der Waals surface area contributed by atoms with Crippen molar-refractivity contribution in [3.05, 3.63) is 47.4 Å². The summed E-state index contributed by atoms with van der Waals surface area (Å²) in [5.74, 6) is -0.124. The van der Waals surface area contributed by atoms with Crippen molar-refractivity contribution in [2.24, 2.45) is 0 Å². The second-order valence-corrected chi connectivity index (χ2v) is 4.42. The Morgan fingerprint density at radius 3 is 2.80 bits per heavy atom. The molecule has 3 aromatic rings. The smallest absolute Gasteiger partial charge is 0.260 e. The van der Waals surface area contributed by atoms with Crippen LogP contribution < -0.4 is 5.73 Å². The highest BCUT2D eigenvalue weighted by molar-refractivity contribution is 6.30. The molecule has 0 saturated carbocycles. The van der Waals surface area contributed by atoms with E-state index in [4.69, 9.17) is 21.9 Å². The maximum Gasteiger partial charge on any atom is 0.260 e. The third-order valence-corrected chi connectivity index (χ3v) is 2.89. The number of para-hydroxylation sites is 1. The lowest BCUT2D eigenvalue weighted by atomic mass is 10.2. The SMILES string of the molecule is Nc1c(F)cccc1-c1nc(-c2ccc(Cl)cn2)no1. The first kappa shape index (κ1) is 12.6. The first-order chi connectivity index (χ1) is 9.65. The van der Waals surface area contributed by atoms with Crippen molar-refractivity contribution in [2.45, 2.75) is 0 Å². The van der Waals surface area contributed by atoms with Crippen molar-refractivity contribution in [3.63, 3.8) is 0 Å². The number of hydrogen-bond donors (Lipinski definition) is 1. The van der Waals surface area contributed by atoms with Gasteiger partial charge in [-0.3, -0.25) is 4.98 Å². The van der Waals surface area contributed by atoms with Crippen LogP contribution in [-0.4, -0.2) is 15.1 Å². The molecule has 0 bridgehead atoms. The van der Waals surface area contributed by atoms with E-state index in [2.05, 4.69) is 15.1 Å². The van der Waals surface area contributed by atoms with Crippen LogP contribution in [0.5, 0.6) is 0 Å². The number of pyridine rings is 1. The third kappa shape index (κ3) is 2.21. The van der Waals surface area contributed by atoms with Gasteiger partial charge in [-0.1, -0.05) is 22.8 Å². The molecule has 2 aromatic heterocycles. The lowest BCUT2D eigenvalue weighted by Gasteiger charge is -2.00. The number of nitrogen functional groups attached to an aromatic ring is 1. The fourth-order valence-corrected chi connectivity index (χ4v) is 1.78. The van der Waals surface area contributed by atoms with Crippen molar-refractivity contribution in [3.8, 4) is 23.0 Å². The molecular weight excluding hydrogens is 283 g/mol. The summed E-state index contributed by atoms with van der Waals surface area (Å²) < 4.78 is 18.5. The Morgan fingerprint density at radius 1 is 1.20 bits per heavy atom. The minimum atomic E-state index is -0.535. The fourth-order valence-electron chi connectivity index (χ4n) is 1.67. The zero-order chi connectivity index (χ0) is 14.1. The molecule has 100 valence electrons. The molecule has 0 saturated heterocycles. The number of benzene rings is 1. The molecule has 0 radical (unpaired) electrons. The van der Waals surface area contributed by atoms with Gasteiger partial charge in [0.25, 0.3) is 5.89 Å². The number of rotatable bonds is 2.